The summed E-state index contributed by atoms with van der Waals surface area (Å²) >= 11 is 0. The van der Waals surface area contributed by atoms with Gasteiger partial charge in [0.1, 0.15) is 0 Å². The molecule has 0 aliphatic heterocycles. The molecule has 1 aromatic carbocycles. The van der Waals surface area contributed by atoms with E-state index in [2.05, 4.69) is 4.98 Å². The summed E-state index contributed by atoms with van der Waals surface area (Å²) in [5, 5.41) is 10.3. The Morgan fingerprint density at radius 1 is 1.40 bits per heavy atom. The van der Waals surface area contributed by atoms with E-state index >= 15 is 0 Å². The van der Waals surface area contributed by atoms with Crippen molar-refractivity contribution in [3.05, 3.63) is 41.7 Å². The molecule has 1 amide bonds. The van der Waals surface area contributed by atoms with Crippen molar-refractivity contribution in [1.29, 1.82) is 0 Å². The van der Waals surface area contributed by atoms with Crippen LogP contribution in [0.5, 0.6) is 0 Å². The third-order valence-corrected chi connectivity index (χ3v) is 2.32. The monoisotopic (exact) mass is 202 g/mol. The van der Waals surface area contributed by atoms with Gasteiger partial charge in [-0.25, -0.2) is 5.48 Å². The van der Waals surface area contributed by atoms with Gasteiger partial charge in [0.25, 0.3) is 5.91 Å². The lowest BCUT2D eigenvalue weighted by Gasteiger charge is -2.06. The van der Waals surface area contributed by atoms with E-state index in [1.807, 2.05) is 13.0 Å². The molecule has 1 aromatic heterocycles. The zero-order valence-corrected chi connectivity index (χ0v) is 8.19. The van der Waals surface area contributed by atoms with Gasteiger partial charge in [-0.05, 0) is 18.6 Å². The van der Waals surface area contributed by atoms with Gasteiger partial charge in [0.05, 0.1) is 0 Å². The van der Waals surface area contributed by atoms with Crippen molar-refractivity contribution in [2.24, 2.45) is 0 Å². The number of fused-ring (bicyclic) bond motifs is 1. The van der Waals surface area contributed by atoms with Crippen molar-refractivity contribution in [2.75, 3.05) is 0 Å². The summed E-state index contributed by atoms with van der Waals surface area (Å²) in [6, 6.07) is 5.30. The molecule has 0 bridgehead atoms. The third kappa shape index (κ3) is 1.55. The molecule has 0 saturated heterocycles. The Bertz CT molecular complexity index is 518. The molecule has 0 spiro atoms. The fraction of sp³-hybridized carbons (Fsp3) is 0.0909. The van der Waals surface area contributed by atoms with Gasteiger partial charge in [-0.15, -0.1) is 0 Å². The van der Waals surface area contributed by atoms with Gasteiger partial charge in [0.2, 0.25) is 0 Å². The molecule has 2 aromatic rings. The molecule has 0 aliphatic carbocycles. The van der Waals surface area contributed by atoms with Crippen LogP contribution in [0.25, 0.3) is 10.8 Å². The van der Waals surface area contributed by atoms with Gasteiger partial charge < -0.3 is 0 Å². The van der Waals surface area contributed by atoms with Crippen molar-refractivity contribution in [2.45, 2.75) is 6.92 Å². The predicted molar refractivity (Wildman–Crippen MR) is 55.7 cm³/mol. The van der Waals surface area contributed by atoms with E-state index < -0.39 is 5.91 Å². The minimum atomic E-state index is -0.505. The van der Waals surface area contributed by atoms with Crippen LogP contribution in [0.4, 0.5) is 0 Å². The molecular weight excluding hydrogens is 192 g/mol. The zero-order chi connectivity index (χ0) is 10.8. The molecule has 2 rings (SSSR count). The Balaban J connectivity index is 2.80. The van der Waals surface area contributed by atoms with Gasteiger partial charge in [0.15, 0.2) is 0 Å². The van der Waals surface area contributed by atoms with Crippen molar-refractivity contribution in [3.8, 4) is 0 Å². The van der Waals surface area contributed by atoms with Crippen LogP contribution in [-0.4, -0.2) is 16.1 Å². The third-order valence-electron chi connectivity index (χ3n) is 2.32. The minimum absolute atomic E-state index is 0.454. The smallest absolute Gasteiger partial charge is 0.275 e. The maximum Gasteiger partial charge on any atom is 0.275 e. The van der Waals surface area contributed by atoms with Gasteiger partial charge in [-0.2, -0.15) is 0 Å². The highest BCUT2D eigenvalue weighted by molar-refractivity contribution is 6.07. The van der Waals surface area contributed by atoms with Crippen molar-refractivity contribution < 1.29 is 10.0 Å². The second kappa shape index (κ2) is 3.67. The molecule has 15 heavy (non-hydrogen) atoms. The van der Waals surface area contributed by atoms with Gasteiger partial charge in [-0.1, -0.05) is 12.1 Å². The largest absolute Gasteiger partial charge is 0.288 e. The van der Waals surface area contributed by atoms with Crippen LogP contribution in [0, 0.1) is 6.92 Å². The van der Waals surface area contributed by atoms with E-state index in [-0.39, 0.29) is 0 Å². The molecule has 0 aliphatic rings. The maximum atomic E-state index is 11.4. The summed E-state index contributed by atoms with van der Waals surface area (Å²) in [6.07, 6.45) is 3.38. The number of aromatic nitrogens is 1. The molecular formula is C11H10N2O2. The van der Waals surface area contributed by atoms with E-state index in [4.69, 9.17) is 5.21 Å². The number of rotatable bonds is 1. The van der Waals surface area contributed by atoms with Crippen molar-refractivity contribution >= 4 is 16.7 Å². The first kappa shape index (κ1) is 9.61. The fourth-order valence-corrected chi connectivity index (χ4v) is 1.66. The van der Waals surface area contributed by atoms with Crippen LogP contribution >= 0.6 is 0 Å². The topological polar surface area (TPSA) is 62.2 Å². The quantitative estimate of drug-likeness (QED) is 0.546. The van der Waals surface area contributed by atoms with Gasteiger partial charge in [-0.3, -0.25) is 15.0 Å². The number of hydrogen-bond acceptors (Lipinski definition) is 3. The standard InChI is InChI=1S/C11H10N2O2/c1-7-5-12-6-8-3-2-4-9(10(7)8)11(14)13-15/h2-6,15H,1H3,(H,13,14). The second-order valence-corrected chi connectivity index (χ2v) is 3.30. The van der Waals surface area contributed by atoms with Gasteiger partial charge >= 0.3 is 0 Å². The lowest BCUT2D eigenvalue weighted by Crippen LogP contribution is -2.19. The first-order valence-electron chi connectivity index (χ1n) is 4.52. The lowest BCUT2D eigenvalue weighted by atomic mass is 10.0. The SMILES string of the molecule is Cc1cncc2cccc(C(=O)NO)c12. The maximum absolute atomic E-state index is 11.4. The van der Waals surface area contributed by atoms with Crippen LogP contribution in [-0.2, 0) is 0 Å². The van der Waals surface area contributed by atoms with Crippen molar-refractivity contribution in [1.82, 2.24) is 10.5 Å². The number of hydrogen-bond donors (Lipinski definition) is 2. The molecule has 4 nitrogen and oxygen atoms in total. The Kier molecular flexibility index (Phi) is 2.35. The molecule has 4 heteroatoms. The summed E-state index contributed by atoms with van der Waals surface area (Å²) in [6.45, 7) is 1.88. The average molecular weight is 202 g/mol. The van der Waals surface area contributed by atoms with Crippen LogP contribution in [0.2, 0.25) is 0 Å². The van der Waals surface area contributed by atoms with Crippen molar-refractivity contribution in [3.63, 3.8) is 0 Å². The summed E-state index contributed by atoms with van der Waals surface area (Å²) in [5.41, 5.74) is 3.00. The van der Waals surface area contributed by atoms with E-state index in [0.717, 1.165) is 16.3 Å². The Labute approximate surface area is 86.5 Å². The number of carbonyl (C=O) groups excluding carboxylic acids is 1. The highest BCUT2D eigenvalue weighted by Crippen LogP contribution is 2.21. The molecule has 0 fully saturated rings. The summed E-state index contributed by atoms with van der Waals surface area (Å²) in [4.78, 5) is 15.4. The lowest BCUT2D eigenvalue weighted by molar-refractivity contribution is 0.0708. The molecule has 76 valence electrons. The first-order valence-corrected chi connectivity index (χ1v) is 4.52. The predicted octanol–water partition coefficient (Wildman–Crippen LogP) is 1.66. The van der Waals surface area contributed by atoms with E-state index in [1.54, 1.807) is 30.0 Å². The van der Waals surface area contributed by atoms with Crippen LogP contribution in [0.3, 0.4) is 0 Å². The van der Waals surface area contributed by atoms with E-state index in [1.165, 1.54) is 0 Å². The average Bonchev–Trinajstić information content (AvgIpc) is 2.28. The van der Waals surface area contributed by atoms with Gasteiger partial charge in [0, 0.05) is 28.7 Å². The molecule has 0 unspecified atom stereocenters. The fourth-order valence-electron chi connectivity index (χ4n) is 1.66. The van der Waals surface area contributed by atoms with Crippen LogP contribution < -0.4 is 5.48 Å². The van der Waals surface area contributed by atoms with E-state index in [9.17, 15) is 4.79 Å². The molecule has 2 N–H and O–H groups in total. The number of benzene rings is 1. The Hall–Kier alpha value is -1.94. The molecule has 1 heterocycles. The normalized spacial score (nSPS) is 10.3. The summed E-state index contributed by atoms with van der Waals surface area (Å²) < 4.78 is 0. The first-order chi connectivity index (χ1) is 7.24. The van der Waals surface area contributed by atoms with E-state index in [0.29, 0.717) is 5.56 Å². The zero-order valence-electron chi connectivity index (χ0n) is 8.19. The number of carbonyl (C=O) groups is 1. The number of aryl methyl sites for hydroxylation is 1. The van der Waals surface area contributed by atoms with Crippen LogP contribution in [0.15, 0.2) is 30.6 Å². The highest BCUT2D eigenvalue weighted by Gasteiger charge is 2.10. The number of nitrogens with zero attached hydrogens (tertiary/aromatic N) is 1. The number of pyridine rings is 1. The summed E-state index contributed by atoms with van der Waals surface area (Å²) in [7, 11) is 0. The Morgan fingerprint density at radius 2 is 2.20 bits per heavy atom. The molecule has 0 atom stereocenters. The Morgan fingerprint density at radius 3 is 2.93 bits per heavy atom. The number of nitrogens with one attached hydrogen (secondary N) is 1. The molecule has 0 saturated carbocycles. The minimum Gasteiger partial charge on any atom is -0.288 e. The summed E-state index contributed by atoms with van der Waals surface area (Å²) in [5.74, 6) is -0.505. The number of hydroxylamine groups is 1. The highest BCUT2D eigenvalue weighted by atomic mass is 16.5. The molecule has 0 radical (unpaired) electrons. The number of amides is 1. The van der Waals surface area contributed by atoms with Crippen LogP contribution in [0.1, 0.15) is 15.9 Å². The second-order valence-electron chi connectivity index (χ2n) is 3.30.